The van der Waals surface area contributed by atoms with Gasteiger partial charge in [0.25, 0.3) is 5.78 Å². The number of carbonyl (C=O) groups is 2. The minimum Gasteiger partial charge on any atom is -0.507 e. The van der Waals surface area contributed by atoms with Crippen LogP contribution in [0.15, 0.2) is 54.1 Å². The number of nitrogens with zero attached hydrogens (tertiary/aromatic N) is 2. The number of benzene rings is 3. The lowest BCUT2D eigenvalue weighted by molar-refractivity contribution is -0.132. The van der Waals surface area contributed by atoms with E-state index in [9.17, 15) is 14.7 Å². The Morgan fingerprint density at radius 2 is 1.93 bits per heavy atom. The van der Waals surface area contributed by atoms with Gasteiger partial charge in [0.1, 0.15) is 17.6 Å². The molecule has 0 radical (unpaired) electrons. The average Bonchev–Trinajstić information content (AvgIpc) is 3.61. The van der Waals surface area contributed by atoms with E-state index in [-0.39, 0.29) is 17.4 Å². The van der Waals surface area contributed by atoms with E-state index in [1.165, 1.54) is 23.3 Å². The smallest absolute Gasteiger partial charge is 0.301 e. The van der Waals surface area contributed by atoms with E-state index in [0.717, 1.165) is 32.7 Å². The number of anilines is 1. The van der Waals surface area contributed by atoms with Gasteiger partial charge in [0, 0.05) is 12.0 Å². The van der Waals surface area contributed by atoms with Crippen LogP contribution in [0, 0.1) is 13.8 Å². The first-order chi connectivity index (χ1) is 19.7. The normalized spacial score (nSPS) is 19.5. The highest BCUT2D eigenvalue weighted by molar-refractivity contribution is 7.22. The second-order valence-electron chi connectivity index (χ2n) is 10.4. The van der Waals surface area contributed by atoms with Crippen molar-refractivity contribution in [2.75, 3.05) is 18.6 Å². The van der Waals surface area contributed by atoms with Crippen LogP contribution in [0.3, 0.4) is 0 Å². The second kappa shape index (κ2) is 10.2. The number of carbonyl (C=O) groups excluding carboxylic acids is 2. The summed E-state index contributed by atoms with van der Waals surface area (Å²) in [6.07, 6.45) is 0.713. The average molecular weight is 571 g/mol. The van der Waals surface area contributed by atoms with Crippen molar-refractivity contribution in [2.24, 2.45) is 0 Å². The molecule has 3 aromatic carbocycles. The molecule has 0 unspecified atom stereocenters. The summed E-state index contributed by atoms with van der Waals surface area (Å²) in [5.41, 5.74) is 4.78. The highest BCUT2D eigenvalue weighted by Gasteiger charge is 2.48. The second-order valence-corrected chi connectivity index (χ2v) is 11.4. The SMILES string of the molecule is CCOc1ccc([C@H]2/C(=C(\O)c3ccc4c(c3)C[C@H](C)O4)C(=O)C(=O)N2c2nc3c(C)cc(C)cc3s2)cc1OC. The van der Waals surface area contributed by atoms with Crippen LogP contribution >= 0.6 is 11.3 Å². The van der Waals surface area contributed by atoms with E-state index in [1.807, 2.05) is 45.9 Å². The van der Waals surface area contributed by atoms with Gasteiger partial charge in [-0.15, -0.1) is 0 Å². The molecule has 0 saturated carbocycles. The maximum atomic E-state index is 13.7. The molecule has 1 N–H and O–H groups in total. The maximum absolute atomic E-state index is 13.7. The molecule has 4 aromatic rings. The number of methoxy groups -OCH3 is 1. The number of aromatic nitrogens is 1. The lowest BCUT2D eigenvalue weighted by Gasteiger charge is -2.24. The van der Waals surface area contributed by atoms with E-state index < -0.39 is 17.7 Å². The number of amides is 1. The Hall–Kier alpha value is -4.37. The van der Waals surface area contributed by atoms with Crippen molar-refractivity contribution in [3.05, 3.63) is 81.9 Å². The molecule has 0 spiro atoms. The van der Waals surface area contributed by atoms with Crippen molar-refractivity contribution in [1.29, 1.82) is 0 Å². The molecule has 8 nitrogen and oxygen atoms in total. The molecular formula is C32H30N2O6S. The molecule has 41 heavy (non-hydrogen) atoms. The largest absolute Gasteiger partial charge is 0.507 e. The van der Waals surface area contributed by atoms with E-state index in [2.05, 4.69) is 0 Å². The minimum atomic E-state index is -0.940. The first-order valence-electron chi connectivity index (χ1n) is 13.5. The monoisotopic (exact) mass is 570 g/mol. The summed E-state index contributed by atoms with van der Waals surface area (Å²) in [6.45, 7) is 8.28. The van der Waals surface area contributed by atoms with Crippen LogP contribution in [0.1, 0.15) is 47.7 Å². The van der Waals surface area contributed by atoms with Gasteiger partial charge >= 0.3 is 5.91 Å². The molecule has 210 valence electrons. The molecule has 3 heterocycles. The fourth-order valence-corrected chi connectivity index (χ4v) is 6.83. The Morgan fingerprint density at radius 3 is 2.68 bits per heavy atom. The fraction of sp³-hybridized carbons (Fsp3) is 0.281. The van der Waals surface area contributed by atoms with E-state index in [0.29, 0.717) is 40.8 Å². The molecule has 1 aromatic heterocycles. The third-order valence-corrected chi connectivity index (χ3v) is 8.44. The number of thiazole rings is 1. The molecule has 1 fully saturated rings. The van der Waals surface area contributed by atoms with Crippen molar-refractivity contribution in [1.82, 2.24) is 4.98 Å². The highest BCUT2D eigenvalue weighted by atomic mass is 32.1. The number of ether oxygens (including phenoxy) is 3. The van der Waals surface area contributed by atoms with Gasteiger partial charge < -0.3 is 19.3 Å². The molecule has 2 aliphatic heterocycles. The van der Waals surface area contributed by atoms with Gasteiger partial charge in [-0.25, -0.2) is 4.98 Å². The number of Topliss-reactive ketones (excluding diaryl/α,β-unsaturated/α-hetero) is 1. The zero-order valence-corrected chi connectivity index (χ0v) is 24.3. The summed E-state index contributed by atoms with van der Waals surface area (Å²) in [5.74, 6) is -0.0425. The van der Waals surface area contributed by atoms with Crippen LogP contribution in [0.4, 0.5) is 5.13 Å². The number of hydrogen-bond donors (Lipinski definition) is 1. The molecule has 2 aliphatic rings. The van der Waals surface area contributed by atoms with Gasteiger partial charge in [-0.1, -0.05) is 23.5 Å². The van der Waals surface area contributed by atoms with Crippen molar-refractivity contribution in [2.45, 2.75) is 46.3 Å². The summed E-state index contributed by atoms with van der Waals surface area (Å²) in [6, 6.07) is 13.7. The summed E-state index contributed by atoms with van der Waals surface area (Å²) in [7, 11) is 1.53. The number of aliphatic hydroxyl groups excluding tert-OH is 1. The molecule has 1 amide bonds. The van der Waals surface area contributed by atoms with Crippen molar-refractivity contribution < 1.29 is 28.9 Å². The van der Waals surface area contributed by atoms with Gasteiger partial charge in [0.2, 0.25) is 0 Å². The van der Waals surface area contributed by atoms with Crippen LogP contribution in [0.25, 0.3) is 16.0 Å². The quantitative estimate of drug-likeness (QED) is 0.166. The van der Waals surface area contributed by atoms with Gasteiger partial charge in [-0.2, -0.15) is 0 Å². The van der Waals surface area contributed by atoms with Gasteiger partial charge in [0.05, 0.1) is 35.5 Å². The summed E-state index contributed by atoms with van der Waals surface area (Å²) in [4.78, 5) is 33.7. The standard InChI is InChI=1S/C32H30N2O6S/c1-6-39-23-10-7-19(15-24(23)38-5)28-26(29(35)20-8-9-22-21(14-20)13-18(4)40-22)30(36)31(37)34(28)32-33-27-17(3)11-16(2)12-25(27)41-32/h7-12,14-15,18,28,35H,6,13H2,1-5H3/b29-26+/t18-,28-/m0/s1. The van der Waals surface area contributed by atoms with E-state index in [4.69, 9.17) is 19.2 Å². The molecular weight excluding hydrogens is 540 g/mol. The highest BCUT2D eigenvalue weighted by Crippen LogP contribution is 2.46. The molecule has 2 atom stereocenters. The first kappa shape index (κ1) is 26.8. The molecule has 1 saturated heterocycles. The predicted octanol–water partition coefficient (Wildman–Crippen LogP) is 6.27. The van der Waals surface area contributed by atoms with Crippen LogP contribution in [-0.4, -0.2) is 41.6 Å². The number of aliphatic hydroxyl groups is 1. The topological polar surface area (TPSA) is 98.2 Å². The lowest BCUT2D eigenvalue weighted by Crippen LogP contribution is -2.29. The van der Waals surface area contributed by atoms with Gasteiger partial charge in [-0.3, -0.25) is 14.5 Å². The van der Waals surface area contributed by atoms with E-state index in [1.54, 1.807) is 30.3 Å². The summed E-state index contributed by atoms with van der Waals surface area (Å²) in [5, 5.41) is 12.0. The van der Waals surface area contributed by atoms with Crippen molar-refractivity contribution in [3.63, 3.8) is 0 Å². The Labute approximate surface area is 241 Å². The predicted molar refractivity (Wildman–Crippen MR) is 158 cm³/mol. The minimum absolute atomic E-state index is 0.0136. The third-order valence-electron chi connectivity index (χ3n) is 7.44. The van der Waals surface area contributed by atoms with E-state index >= 15 is 0 Å². The van der Waals surface area contributed by atoms with Gasteiger partial charge in [-0.05, 0) is 86.3 Å². The molecule has 0 aliphatic carbocycles. The van der Waals surface area contributed by atoms with Crippen LogP contribution < -0.4 is 19.1 Å². The number of ketones is 1. The molecule has 0 bridgehead atoms. The van der Waals surface area contributed by atoms with Crippen molar-refractivity contribution >= 4 is 44.1 Å². The zero-order valence-electron chi connectivity index (χ0n) is 23.5. The zero-order chi connectivity index (χ0) is 29.0. The summed E-state index contributed by atoms with van der Waals surface area (Å²) < 4.78 is 18.0. The van der Waals surface area contributed by atoms with Crippen LogP contribution in [0.5, 0.6) is 17.2 Å². The maximum Gasteiger partial charge on any atom is 0.301 e. The van der Waals surface area contributed by atoms with Crippen LogP contribution in [0.2, 0.25) is 0 Å². The number of rotatable bonds is 6. The van der Waals surface area contributed by atoms with Crippen LogP contribution in [-0.2, 0) is 16.0 Å². The number of fused-ring (bicyclic) bond motifs is 2. The lowest BCUT2D eigenvalue weighted by atomic mass is 9.94. The first-order valence-corrected chi connectivity index (χ1v) is 14.3. The number of hydrogen-bond acceptors (Lipinski definition) is 8. The molecule has 9 heteroatoms. The Morgan fingerprint density at radius 1 is 1.12 bits per heavy atom. The summed E-state index contributed by atoms with van der Waals surface area (Å²) >= 11 is 1.34. The Kier molecular flexibility index (Phi) is 6.69. The van der Waals surface area contributed by atoms with Gasteiger partial charge in [0.15, 0.2) is 16.6 Å². The van der Waals surface area contributed by atoms with Crippen molar-refractivity contribution in [3.8, 4) is 17.2 Å². The number of aryl methyl sites for hydroxylation is 2. The third kappa shape index (κ3) is 4.50. The Balaban J connectivity index is 1.56. The fourth-order valence-electron chi connectivity index (χ4n) is 5.66. The Bertz CT molecular complexity index is 1760. The molecule has 6 rings (SSSR count).